The Balaban J connectivity index is 0.00000225. The van der Waals surface area contributed by atoms with Crippen LogP contribution in [0.15, 0.2) is 23.2 Å². The number of thiazole rings is 2. The van der Waals surface area contributed by atoms with Gasteiger partial charge < -0.3 is 10.6 Å². The van der Waals surface area contributed by atoms with E-state index in [0.717, 1.165) is 31.9 Å². The fourth-order valence-corrected chi connectivity index (χ4v) is 4.24. The Hall–Kier alpha value is -0.970. The maximum atomic E-state index is 6.01. The van der Waals surface area contributed by atoms with Crippen LogP contribution in [0.25, 0.3) is 10.2 Å². The second kappa shape index (κ2) is 9.11. The molecule has 0 amide bonds. The first-order chi connectivity index (χ1) is 11.5. The van der Waals surface area contributed by atoms with Crippen molar-refractivity contribution < 1.29 is 0 Å². The number of aryl methyl sites for hydroxylation is 2. The molecule has 9 heteroatoms. The van der Waals surface area contributed by atoms with Gasteiger partial charge in [0.2, 0.25) is 0 Å². The molecule has 2 heterocycles. The molecule has 0 bridgehead atoms. The lowest BCUT2D eigenvalue weighted by Gasteiger charge is -2.10. The van der Waals surface area contributed by atoms with Crippen LogP contribution in [0.1, 0.15) is 20.6 Å². The topological polar surface area (TPSA) is 62.2 Å². The SMILES string of the molecule is CN=C(NCc1nc2cc(Cl)ccc2s1)NCc1sc(C)nc1C.I. The predicted molar refractivity (Wildman–Crippen MR) is 119 cm³/mol. The Morgan fingerprint density at radius 1 is 1.16 bits per heavy atom. The van der Waals surface area contributed by atoms with Crippen molar-refractivity contribution in [1.82, 2.24) is 20.6 Å². The van der Waals surface area contributed by atoms with E-state index in [2.05, 4.69) is 25.6 Å². The van der Waals surface area contributed by atoms with Gasteiger partial charge in [-0.2, -0.15) is 0 Å². The summed E-state index contributed by atoms with van der Waals surface area (Å²) in [6.45, 7) is 5.39. The van der Waals surface area contributed by atoms with Crippen LogP contribution in [0, 0.1) is 13.8 Å². The summed E-state index contributed by atoms with van der Waals surface area (Å²) in [6.07, 6.45) is 0. The molecule has 0 saturated carbocycles. The maximum absolute atomic E-state index is 6.01. The van der Waals surface area contributed by atoms with E-state index in [9.17, 15) is 0 Å². The minimum atomic E-state index is 0. The standard InChI is InChI=1S/C16H18ClN5S2.HI/c1-9-14(23-10(2)21-9)7-19-16(18-3)20-8-15-22-12-6-11(17)4-5-13(12)24-15;/h4-6H,7-8H2,1-3H3,(H2,18,19,20);1H. The van der Waals surface area contributed by atoms with Gasteiger partial charge >= 0.3 is 0 Å². The van der Waals surface area contributed by atoms with Gasteiger partial charge in [0.25, 0.3) is 0 Å². The number of aliphatic imine (C=N–C) groups is 1. The average Bonchev–Trinajstić information content (AvgIpc) is 3.09. The largest absolute Gasteiger partial charge is 0.351 e. The first kappa shape index (κ1) is 20.3. The monoisotopic (exact) mass is 507 g/mol. The zero-order valence-electron chi connectivity index (χ0n) is 14.1. The highest BCUT2D eigenvalue weighted by Gasteiger charge is 2.08. The lowest BCUT2D eigenvalue weighted by atomic mass is 10.3. The van der Waals surface area contributed by atoms with E-state index in [4.69, 9.17) is 11.6 Å². The smallest absolute Gasteiger partial charge is 0.191 e. The predicted octanol–water partition coefficient (Wildman–Crippen LogP) is 4.51. The Bertz CT molecular complexity index is 890. The lowest BCUT2D eigenvalue weighted by molar-refractivity contribution is 0.808. The lowest BCUT2D eigenvalue weighted by Crippen LogP contribution is -2.36. The number of guanidine groups is 1. The quantitative estimate of drug-likeness (QED) is 0.310. The summed E-state index contributed by atoms with van der Waals surface area (Å²) >= 11 is 9.37. The van der Waals surface area contributed by atoms with Crippen LogP contribution >= 0.6 is 58.3 Å². The molecule has 25 heavy (non-hydrogen) atoms. The zero-order chi connectivity index (χ0) is 17.1. The molecule has 0 fully saturated rings. The van der Waals surface area contributed by atoms with E-state index >= 15 is 0 Å². The third kappa shape index (κ3) is 5.25. The highest BCUT2D eigenvalue weighted by atomic mass is 127. The first-order valence-electron chi connectivity index (χ1n) is 7.47. The fraction of sp³-hybridized carbons (Fsp3) is 0.312. The number of hydrogen-bond acceptors (Lipinski definition) is 5. The van der Waals surface area contributed by atoms with Crippen LogP contribution in [-0.4, -0.2) is 23.0 Å². The zero-order valence-corrected chi connectivity index (χ0v) is 18.8. The summed E-state index contributed by atoms with van der Waals surface area (Å²) in [5.74, 6) is 0.748. The summed E-state index contributed by atoms with van der Waals surface area (Å²) < 4.78 is 1.13. The molecule has 0 aliphatic carbocycles. The summed E-state index contributed by atoms with van der Waals surface area (Å²) in [6, 6.07) is 5.78. The minimum Gasteiger partial charge on any atom is -0.351 e. The maximum Gasteiger partial charge on any atom is 0.191 e. The molecular weight excluding hydrogens is 489 g/mol. The average molecular weight is 508 g/mol. The molecule has 0 aliphatic rings. The minimum absolute atomic E-state index is 0. The van der Waals surface area contributed by atoms with Crippen molar-refractivity contribution in [3.05, 3.63) is 43.8 Å². The van der Waals surface area contributed by atoms with Crippen LogP contribution < -0.4 is 10.6 Å². The van der Waals surface area contributed by atoms with Crippen LogP contribution in [0.4, 0.5) is 0 Å². The van der Waals surface area contributed by atoms with Crippen molar-refractivity contribution in [2.24, 2.45) is 4.99 Å². The molecule has 0 unspecified atom stereocenters. The number of nitrogens with zero attached hydrogens (tertiary/aromatic N) is 3. The van der Waals surface area contributed by atoms with Crippen molar-refractivity contribution in [2.75, 3.05) is 7.05 Å². The second-order valence-electron chi connectivity index (χ2n) is 5.24. The van der Waals surface area contributed by atoms with Crippen LogP contribution in [0.2, 0.25) is 5.02 Å². The van der Waals surface area contributed by atoms with E-state index in [-0.39, 0.29) is 24.0 Å². The molecule has 3 rings (SSSR count). The van der Waals surface area contributed by atoms with Gasteiger partial charge in [0, 0.05) is 16.9 Å². The van der Waals surface area contributed by atoms with Gasteiger partial charge in [-0.3, -0.25) is 4.99 Å². The van der Waals surface area contributed by atoms with Crippen molar-refractivity contribution in [2.45, 2.75) is 26.9 Å². The van der Waals surface area contributed by atoms with Gasteiger partial charge in [0.15, 0.2) is 5.96 Å². The number of nitrogens with one attached hydrogen (secondary N) is 2. The molecule has 0 saturated heterocycles. The third-order valence-electron chi connectivity index (χ3n) is 3.44. The molecule has 2 aromatic heterocycles. The Morgan fingerprint density at radius 2 is 1.92 bits per heavy atom. The van der Waals surface area contributed by atoms with E-state index in [1.165, 1.54) is 4.88 Å². The highest BCUT2D eigenvalue weighted by molar-refractivity contribution is 14.0. The first-order valence-corrected chi connectivity index (χ1v) is 9.48. The summed E-state index contributed by atoms with van der Waals surface area (Å²) in [5.41, 5.74) is 2.01. The number of aromatic nitrogens is 2. The molecular formula is C16H19ClIN5S2. The van der Waals surface area contributed by atoms with Crippen molar-refractivity contribution in [3.63, 3.8) is 0 Å². The number of halogens is 2. The number of benzene rings is 1. The summed E-state index contributed by atoms with van der Waals surface area (Å²) in [4.78, 5) is 14.5. The van der Waals surface area contributed by atoms with Gasteiger partial charge in [-0.15, -0.1) is 46.7 Å². The number of fused-ring (bicyclic) bond motifs is 1. The molecule has 5 nitrogen and oxygen atoms in total. The Labute approximate surface area is 177 Å². The van der Waals surface area contributed by atoms with Crippen molar-refractivity contribution in [3.8, 4) is 0 Å². The van der Waals surface area contributed by atoms with Crippen molar-refractivity contribution in [1.29, 1.82) is 0 Å². The van der Waals surface area contributed by atoms with Crippen LogP contribution in [0.3, 0.4) is 0 Å². The molecule has 2 N–H and O–H groups in total. The van der Waals surface area contributed by atoms with Gasteiger partial charge in [-0.05, 0) is 32.0 Å². The molecule has 0 spiro atoms. The molecule has 3 aromatic rings. The highest BCUT2D eigenvalue weighted by Crippen LogP contribution is 2.24. The van der Waals surface area contributed by atoms with E-state index in [1.807, 2.05) is 32.0 Å². The van der Waals surface area contributed by atoms with Gasteiger partial charge in [0.1, 0.15) is 5.01 Å². The molecule has 0 atom stereocenters. The second-order valence-corrected chi connectivity index (χ2v) is 8.08. The summed E-state index contributed by atoms with van der Waals surface area (Å²) in [7, 11) is 1.76. The molecule has 134 valence electrons. The van der Waals surface area contributed by atoms with Crippen molar-refractivity contribution >= 4 is 74.4 Å². The number of hydrogen-bond donors (Lipinski definition) is 2. The van der Waals surface area contributed by atoms with Crippen LogP contribution in [-0.2, 0) is 13.1 Å². The number of rotatable bonds is 4. The summed E-state index contributed by atoms with van der Waals surface area (Å²) in [5, 5.41) is 9.41. The van der Waals surface area contributed by atoms with Gasteiger partial charge in [-0.1, -0.05) is 11.6 Å². The third-order valence-corrected chi connectivity index (χ3v) is 5.78. The Kier molecular flexibility index (Phi) is 7.41. The van der Waals surface area contributed by atoms with Gasteiger partial charge in [0.05, 0.1) is 34.0 Å². The molecule has 1 aromatic carbocycles. The Morgan fingerprint density at radius 3 is 2.60 bits per heavy atom. The molecule has 0 aliphatic heterocycles. The molecule has 0 radical (unpaired) electrons. The van der Waals surface area contributed by atoms with E-state index < -0.39 is 0 Å². The fourth-order valence-electron chi connectivity index (χ4n) is 2.31. The van der Waals surface area contributed by atoms with Crippen LogP contribution in [0.5, 0.6) is 0 Å². The van der Waals surface area contributed by atoms with E-state index in [0.29, 0.717) is 18.1 Å². The van der Waals surface area contributed by atoms with Gasteiger partial charge in [-0.25, -0.2) is 9.97 Å². The van der Waals surface area contributed by atoms with E-state index in [1.54, 1.807) is 29.7 Å². The normalized spacial score (nSPS) is 11.4.